The number of aryl methyl sites for hydroxylation is 1. The topological polar surface area (TPSA) is 61.1 Å². The molecule has 0 aromatic carbocycles. The van der Waals surface area contributed by atoms with Crippen LogP contribution in [0, 0.1) is 0 Å². The maximum Gasteiger partial charge on any atom is 0.330 e. The highest BCUT2D eigenvalue weighted by Crippen LogP contribution is 1.99. The normalized spacial score (nSPS) is 10.7. The minimum atomic E-state index is -0.856. The van der Waals surface area contributed by atoms with Gasteiger partial charge in [-0.05, 0) is 25.4 Å². The molecule has 1 aromatic heterocycles. The van der Waals surface area contributed by atoms with E-state index < -0.39 is 16.5 Å². The second-order valence-corrected chi connectivity index (χ2v) is 3.82. The Labute approximate surface area is 90.9 Å². The Kier molecular flexibility index (Phi) is 3.14. The van der Waals surface area contributed by atoms with Gasteiger partial charge in [-0.25, -0.2) is 4.79 Å². The summed E-state index contributed by atoms with van der Waals surface area (Å²) in [5.74, 6) is 0. The van der Waals surface area contributed by atoms with Gasteiger partial charge in [0.1, 0.15) is 5.56 Å². The highest BCUT2D eigenvalue weighted by molar-refractivity contribution is 6.67. The molecule has 0 aliphatic carbocycles. The van der Waals surface area contributed by atoms with Crippen molar-refractivity contribution in [1.82, 2.24) is 9.13 Å². The van der Waals surface area contributed by atoms with Crippen LogP contribution in [0.5, 0.6) is 0 Å². The number of hydrogen-bond donors (Lipinski definition) is 0. The highest BCUT2D eigenvalue weighted by atomic mass is 35.5. The first-order valence-electron chi connectivity index (χ1n) is 4.38. The smallest absolute Gasteiger partial charge is 0.303 e. The van der Waals surface area contributed by atoms with Crippen molar-refractivity contribution in [3.8, 4) is 0 Å². The van der Waals surface area contributed by atoms with E-state index in [2.05, 4.69) is 0 Å². The van der Waals surface area contributed by atoms with Crippen LogP contribution in [0.4, 0.5) is 0 Å². The monoisotopic (exact) mass is 230 g/mol. The number of carbonyl (C=O) groups excluding carboxylic acids is 1. The summed E-state index contributed by atoms with van der Waals surface area (Å²) >= 11 is 5.24. The van der Waals surface area contributed by atoms with Crippen LogP contribution in [0.25, 0.3) is 0 Å². The van der Waals surface area contributed by atoms with Crippen molar-refractivity contribution in [2.75, 3.05) is 0 Å². The van der Waals surface area contributed by atoms with Crippen LogP contribution >= 0.6 is 11.6 Å². The minimum absolute atomic E-state index is 0.188. The van der Waals surface area contributed by atoms with Gasteiger partial charge in [0.2, 0.25) is 0 Å². The molecule has 0 aliphatic heterocycles. The Bertz CT molecular complexity index is 513. The number of hydrogen-bond acceptors (Lipinski definition) is 3. The molecule has 15 heavy (non-hydrogen) atoms. The van der Waals surface area contributed by atoms with Gasteiger partial charge in [-0.1, -0.05) is 0 Å². The summed E-state index contributed by atoms with van der Waals surface area (Å²) in [5, 5.41) is -0.856. The van der Waals surface area contributed by atoms with E-state index in [-0.39, 0.29) is 11.6 Å². The zero-order chi connectivity index (χ0) is 11.7. The molecule has 0 radical (unpaired) electrons. The minimum Gasteiger partial charge on any atom is -0.303 e. The van der Waals surface area contributed by atoms with Gasteiger partial charge in [-0.15, -0.1) is 0 Å². The van der Waals surface area contributed by atoms with Gasteiger partial charge < -0.3 is 4.57 Å². The van der Waals surface area contributed by atoms with Crippen molar-refractivity contribution >= 4 is 16.8 Å². The lowest BCUT2D eigenvalue weighted by molar-refractivity contribution is 0.107. The average Bonchev–Trinajstić information content (AvgIpc) is 2.10. The summed E-state index contributed by atoms with van der Waals surface area (Å²) in [6, 6.07) is -0.313. The van der Waals surface area contributed by atoms with Crippen LogP contribution < -0.4 is 11.2 Å². The molecule has 1 aromatic rings. The van der Waals surface area contributed by atoms with Crippen LogP contribution in [0.1, 0.15) is 30.2 Å². The number of aromatic nitrogens is 2. The van der Waals surface area contributed by atoms with Gasteiger partial charge in [-0.3, -0.25) is 14.2 Å². The number of carbonyl (C=O) groups is 1. The summed E-state index contributed by atoms with van der Waals surface area (Å²) in [5.41, 5.74) is -1.29. The standard InChI is InChI=1S/C9H11ClN2O3/c1-5(2)12-8(14)6(7(10)13)4-11(3)9(12)15/h4-5H,1-3H3. The van der Waals surface area contributed by atoms with Gasteiger partial charge in [0.15, 0.2) is 0 Å². The lowest BCUT2D eigenvalue weighted by Crippen LogP contribution is -2.41. The zero-order valence-electron chi connectivity index (χ0n) is 8.65. The lowest BCUT2D eigenvalue weighted by Gasteiger charge is -2.11. The molecule has 0 saturated heterocycles. The Balaban J connectivity index is 3.72. The maximum absolute atomic E-state index is 11.7. The first-order valence-corrected chi connectivity index (χ1v) is 4.76. The third kappa shape index (κ3) is 2.02. The van der Waals surface area contributed by atoms with Crippen molar-refractivity contribution in [2.45, 2.75) is 19.9 Å². The summed E-state index contributed by atoms with van der Waals surface area (Å²) < 4.78 is 2.16. The summed E-state index contributed by atoms with van der Waals surface area (Å²) in [4.78, 5) is 34.2. The summed E-state index contributed by atoms with van der Waals surface area (Å²) in [6.07, 6.45) is 1.15. The van der Waals surface area contributed by atoms with Gasteiger partial charge in [0, 0.05) is 19.3 Å². The van der Waals surface area contributed by atoms with E-state index in [9.17, 15) is 14.4 Å². The Morgan fingerprint density at radius 2 is 1.93 bits per heavy atom. The van der Waals surface area contributed by atoms with Gasteiger partial charge >= 0.3 is 5.69 Å². The summed E-state index contributed by atoms with van der Waals surface area (Å²) in [6.45, 7) is 3.37. The third-order valence-corrected chi connectivity index (χ3v) is 2.21. The molecule has 5 nitrogen and oxygen atoms in total. The molecule has 82 valence electrons. The molecule has 0 bridgehead atoms. The van der Waals surface area contributed by atoms with Crippen molar-refractivity contribution in [3.05, 3.63) is 32.6 Å². The molecule has 0 atom stereocenters. The van der Waals surface area contributed by atoms with E-state index in [0.717, 1.165) is 15.3 Å². The van der Waals surface area contributed by atoms with E-state index >= 15 is 0 Å². The lowest BCUT2D eigenvalue weighted by atomic mass is 10.3. The van der Waals surface area contributed by atoms with Gasteiger partial charge in [0.25, 0.3) is 10.8 Å². The summed E-state index contributed by atoms with van der Waals surface area (Å²) in [7, 11) is 1.46. The molecule has 1 rings (SSSR count). The molecular weight excluding hydrogens is 220 g/mol. The van der Waals surface area contributed by atoms with Crippen LogP contribution in [0.15, 0.2) is 15.8 Å². The largest absolute Gasteiger partial charge is 0.330 e. The predicted octanol–water partition coefficient (Wildman–Crippen LogP) is 0.507. The number of halogens is 1. The van der Waals surface area contributed by atoms with Crippen molar-refractivity contribution < 1.29 is 4.79 Å². The van der Waals surface area contributed by atoms with Crippen LogP contribution in [-0.4, -0.2) is 14.4 Å². The molecule has 0 saturated carbocycles. The van der Waals surface area contributed by atoms with E-state index in [1.807, 2.05) is 0 Å². The third-order valence-electron chi connectivity index (χ3n) is 2.01. The van der Waals surface area contributed by atoms with E-state index in [1.165, 1.54) is 7.05 Å². The SMILES string of the molecule is CC(C)n1c(=O)c(C(=O)Cl)cn(C)c1=O. The van der Waals surface area contributed by atoms with Crippen LogP contribution in [0.3, 0.4) is 0 Å². The first kappa shape index (κ1) is 11.7. The molecule has 0 aliphatic rings. The molecule has 0 N–H and O–H groups in total. The number of nitrogens with zero attached hydrogens (tertiary/aromatic N) is 2. The maximum atomic E-state index is 11.7. The second kappa shape index (κ2) is 4.02. The first-order chi connectivity index (χ1) is 6.86. The van der Waals surface area contributed by atoms with Crippen molar-refractivity contribution in [2.24, 2.45) is 7.05 Å². The van der Waals surface area contributed by atoms with E-state index in [1.54, 1.807) is 13.8 Å². The number of rotatable bonds is 2. The molecule has 0 unspecified atom stereocenters. The van der Waals surface area contributed by atoms with E-state index in [0.29, 0.717) is 0 Å². The Morgan fingerprint density at radius 3 is 2.33 bits per heavy atom. The fraction of sp³-hybridized carbons (Fsp3) is 0.444. The fourth-order valence-electron chi connectivity index (χ4n) is 1.28. The predicted molar refractivity (Wildman–Crippen MR) is 56.5 cm³/mol. The average molecular weight is 231 g/mol. The Morgan fingerprint density at radius 1 is 1.40 bits per heavy atom. The zero-order valence-corrected chi connectivity index (χ0v) is 9.41. The van der Waals surface area contributed by atoms with Crippen LogP contribution in [-0.2, 0) is 7.05 Å². The van der Waals surface area contributed by atoms with E-state index in [4.69, 9.17) is 11.6 Å². The van der Waals surface area contributed by atoms with Crippen LogP contribution in [0.2, 0.25) is 0 Å². The van der Waals surface area contributed by atoms with Crippen molar-refractivity contribution in [3.63, 3.8) is 0 Å². The van der Waals surface area contributed by atoms with Gasteiger partial charge in [0.05, 0.1) is 0 Å². The molecular formula is C9H11ClN2O3. The van der Waals surface area contributed by atoms with Gasteiger partial charge in [-0.2, -0.15) is 0 Å². The fourth-order valence-corrected chi connectivity index (χ4v) is 1.41. The molecule has 6 heteroatoms. The Hall–Kier alpha value is -1.36. The quantitative estimate of drug-likeness (QED) is 0.696. The second-order valence-electron chi connectivity index (χ2n) is 3.48. The van der Waals surface area contributed by atoms with Crippen molar-refractivity contribution in [1.29, 1.82) is 0 Å². The molecule has 0 amide bonds. The molecule has 0 fully saturated rings. The highest BCUT2D eigenvalue weighted by Gasteiger charge is 2.15. The molecule has 1 heterocycles. The molecule has 0 spiro atoms.